The number of rotatable bonds is 7. The predicted octanol–water partition coefficient (Wildman–Crippen LogP) is 1.16. The highest BCUT2D eigenvalue weighted by Crippen LogP contribution is 2.18. The van der Waals surface area contributed by atoms with E-state index in [2.05, 4.69) is 15.5 Å². The first-order valence-corrected chi connectivity index (χ1v) is 9.35. The van der Waals surface area contributed by atoms with Gasteiger partial charge in [-0.15, -0.1) is 0 Å². The van der Waals surface area contributed by atoms with Gasteiger partial charge in [-0.05, 0) is 25.5 Å². The summed E-state index contributed by atoms with van der Waals surface area (Å²) in [6.45, 7) is 6.52. The van der Waals surface area contributed by atoms with Crippen LogP contribution < -0.4 is 15.4 Å². The standard InChI is InChI=1S/C19H29N3O3/c23-19(17-6-3-4-8-20-17)21-15-16-5-1-2-7-18(16)25-14-11-22-9-12-24-13-10-22/h1-2,5,7,17,20H,3-4,6,8-15H2,(H,21,23)/t17-/m1/s1. The fourth-order valence-corrected chi connectivity index (χ4v) is 3.28. The molecular formula is C19H29N3O3. The molecule has 1 amide bonds. The Morgan fingerprint density at radius 1 is 1.28 bits per heavy atom. The Labute approximate surface area is 149 Å². The number of hydrogen-bond acceptors (Lipinski definition) is 5. The lowest BCUT2D eigenvalue weighted by atomic mass is 10.0. The van der Waals surface area contributed by atoms with E-state index in [0.717, 1.165) is 70.0 Å². The van der Waals surface area contributed by atoms with Crippen molar-refractivity contribution in [3.63, 3.8) is 0 Å². The van der Waals surface area contributed by atoms with E-state index >= 15 is 0 Å². The van der Waals surface area contributed by atoms with Crippen LogP contribution in [0.2, 0.25) is 0 Å². The highest BCUT2D eigenvalue weighted by atomic mass is 16.5. The van der Waals surface area contributed by atoms with Crippen LogP contribution in [0.5, 0.6) is 5.75 Å². The molecule has 0 spiro atoms. The second-order valence-electron chi connectivity index (χ2n) is 6.63. The number of benzene rings is 1. The molecule has 2 fully saturated rings. The van der Waals surface area contributed by atoms with Gasteiger partial charge in [-0.25, -0.2) is 0 Å². The molecule has 25 heavy (non-hydrogen) atoms. The van der Waals surface area contributed by atoms with Crippen LogP contribution in [0.15, 0.2) is 24.3 Å². The Balaban J connectivity index is 1.45. The number of hydrogen-bond donors (Lipinski definition) is 2. The molecule has 2 N–H and O–H groups in total. The van der Waals surface area contributed by atoms with Gasteiger partial charge in [-0.3, -0.25) is 9.69 Å². The second-order valence-corrected chi connectivity index (χ2v) is 6.63. The van der Waals surface area contributed by atoms with Gasteiger partial charge >= 0.3 is 0 Å². The van der Waals surface area contributed by atoms with Crippen LogP contribution in [-0.4, -0.2) is 62.8 Å². The number of nitrogens with one attached hydrogen (secondary N) is 2. The first-order chi connectivity index (χ1) is 12.3. The van der Waals surface area contributed by atoms with Crippen molar-refractivity contribution in [2.45, 2.75) is 31.8 Å². The zero-order valence-electron chi connectivity index (χ0n) is 14.8. The van der Waals surface area contributed by atoms with Crippen LogP contribution in [0.3, 0.4) is 0 Å². The van der Waals surface area contributed by atoms with E-state index in [0.29, 0.717) is 13.2 Å². The summed E-state index contributed by atoms with van der Waals surface area (Å²) in [5, 5.41) is 6.32. The Morgan fingerprint density at radius 3 is 2.92 bits per heavy atom. The Bertz CT molecular complexity index is 540. The zero-order valence-corrected chi connectivity index (χ0v) is 14.8. The second kappa shape index (κ2) is 9.75. The molecule has 0 bridgehead atoms. The third kappa shape index (κ3) is 5.70. The summed E-state index contributed by atoms with van der Waals surface area (Å²) in [7, 11) is 0. The average molecular weight is 347 g/mol. The molecular weight excluding hydrogens is 318 g/mol. The van der Waals surface area contributed by atoms with Crippen LogP contribution in [0.25, 0.3) is 0 Å². The molecule has 0 aromatic heterocycles. The summed E-state index contributed by atoms with van der Waals surface area (Å²) >= 11 is 0. The lowest BCUT2D eigenvalue weighted by Crippen LogP contribution is -2.46. The molecule has 2 heterocycles. The van der Waals surface area contributed by atoms with E-state index in [1.165, 1.54) is 0 Å². The van der Waals surface area contributed by atoms with Crippen LogP contribution >= 0.6 is 0 Å². The van der Waals surface area contributed by atoms with E-state index in [9.17, 15) is 4.79 Å². The number of para-hydroxylation sites is 1. The van der Waals surface area contributed by atoms with Crippen molar-refractivity contribution in [3.05, 3.63) is 29.8 Å². The number of morpholine rings is 1. The Kier molecular flexibility index (Phi) is 7.09. The minimum Gasteiger partial charge on any atom is -0.492 e. The van der Waals surface area contributed by atoms with Crippen LogP contribution in [0, 0.1) is 0 Å². The topological polar surface area (TPSA) is 62.8 Å². The number of piperidine rings is 1. The van der Waals surface area contributed by atoms with Crippen molar-refractivity contribution >= 4 is 5.91 Å². The zero-order chi connectivity index (χ0) is 17.3. The van der Waals surface area contributed by atoms with Gasteiger partial charge in [-0.2, -0.15) is 0 Å². The van der Waals surface area contributed by atoms with E-state index in [-0.39, 0.29) is 11.9 Å². The third-order valence-electron chi connectivity index (χ3n) is 4.82. The van der Waals surface area contributed by atoms with Crippen molar-refractivity contribution in [2.75, 3.05) is 46.0 Å². The van der Waals surface area contributed by atoms with Gasteiger partial charge < -0.3 is 20.1 Å². The highest BCUT2D eigenvalue weighted by Gasteiger charge is 2.20. The molecule has 0 unspecified atom stereocenters. The maximum atomic E-state index is 12.3. The number of nitrogens with zero attached hydrogens (tertiary/aromatic N) is 1. The molecule has 138 valence electrons. The van der Waals surface area contributed by atoms with Gasteiger partial charge in [0.05, 0.1) is 19.3 Å². The SMILES string of the molecule is O=C(NCc1ccccc1OCCN1CCOCC1)[C@H]1CCCCN1. The lowest BCUT2D eigenvalue weighted by molar-refractivity contribution is -0.123. The van der Waals surface area contributed by atoms with E-state index < -0.39 is 0 Å². The van der Waals surface area contributed by atoms with E-state index in [1.54, 1.807) is 0 Å². The van der Waals surface area contributed by atoms with Crippen molar-refractivity contribution in [1.29, 1.82) is 0 Å². The largest absolute Gasteiger partial charge is 0.492 e. The molecule has 0 saturated carbocycles. The number of ether oxygens (including phenoxy) is 2. The molecule has 6 nitrogen and oxygen atoms in total. The number of carbonyl (C=O) groups is 1. The first kappa shape index (κ1) is 18.2. The van der Waals surface area contributed by atoms with Crippen molar-refractivity contribution in [2.24, 2.45) is 0 Å². The fourth-order valence-electron chi connectivity index (χ4n) is 3.28. The van der Waals surface area contributed by atoms with E-state index in [1.807, 2.05) is 24.3 Å². The summed E-state index contributed by atoms with van der Waals surface area (Å²) in [5.74, 6) is 0.940. The molecule has 1 aromatic rings. The molecule has 2 saturated heterocycles. The highest BCUT2D eigenvalue weighted by molar-refractivity contribution is 5.81. The maximum absolute atomic E-state index is 12.3. The quantitative estimate of drug-likeness (QED) is 0.775. The molecule has 3 rings (SSSR count). The number of carbonyl (C=O) groups excluding carboxylic acids is 1. The Hall–Kier alpha value is -1.63. The Morgan fingerprint density at radius 2 is 2.12 bits per heavy atom. The minimum absolute atomic E-state index is 0.0526. The van der Waals surface area contributed by atoms with E-state index in [4.69, 9.17) is 9.47 Å². The number of amides is 1. The molecule has 0 radical (unpaired) electrons. The smallest absolute Gasteiger partial charge is 0.237 e. The molecule has 6 heteroatoms. The van der Waals surface area contributed by atoms with Gasteiger partial charge in [0.15, 0.2) is 0 Å². The summed E-state index contributed by atoms with van der Waals surface area (Å²) in [6.07, 6.45) is 3.19. The summed E-state index contributed by atoms with van der Waals surface area (Å²) < 4.78 is 11.3. The molecule has 2 aliphatic heterocycles. The van der Waals surface area contributed by atoms with Crippen molar-refractivity contribution in [1.82, 2.24) is 15.5 Å². The molecule has 2 aliphatic rings. The first-order valence-electron chi connectivity index (χ1n) is 9.35. The van der Waals surface area contributed by atoms with Gasteiger partial charge in [0.1, 0.15) is 12.4 Å². The van der Waals surface area contributed by atoms with Gasteiger partial charge in [-0.1, -0.05) is 24.6 Å². The fraction of sp³-hybridized carbons (Fsp3) is 0.632. The van der Waals surface area contributed by atoms with Crippen LogP contribution in [0.1, 0.15) is 24.8 Å². The normalized spacial score (nSPS) is 21.7. The lowest BCUT2D eigenvalue weighted by Gasteiger charge is -2.26. The van der Waals surface area contributed by atoms with Crippen molar-refractivity contribution in [3.8, 4) is 5.75 Å². The monoisotopic (exact) mass is 347 g/mol. The minimum atomic E-state index is -0.0526. The average Bonchev–Trinajstić information content (AvgIpc) is 2.68. The molecule has 1 aromatic carbocycles. The maximum Gasteiger partial charge on any atom is 0.237 e. The van der Waals surface area contributed by atoms with Crippen molar-refractivity contribution < 1.29 is 14.3 Å². The van der Waals surface area contributed by atoms with Gasteiger partial charge in [0.25, 0.3) is 0 Å². The summed E-state index contributed by atoms with van der Waals surface area (Å²) in [4.78, 5) is 14.6. The third-order valence-corrected chi connectivity index (χ3v) is 4.82. The molecule has 1 atom stereocenters. The van der Waals surface area contributed by atoms with Gasteiger partial charge in [0.2, 0.25) is 5.91 Å². The van der Waals surface area contributed by atoms with Gasteiger partial charge in [0, 0.05) is 31.7 Å². The van der Waals surface area contributed by atoms with Crippen LogP contribution in [0.4, 0.5) is 0 Å². The van der Waals surface area contributed by atoms with Crippen LogP contribution in [-0.2, 0) is 16.1 Å². The summed E-state index contributed by atoms with van der Waals surface area (Å²) in [5.41, 5.74) is 1.02. The summed E-state index contributed by atoms with van der Waals surface area (Å²) in [6, 6.07) is 7.88. The molecule has 0 aliphatic carbocycles. The predicted molar refractivity (Wildman–Crippen MR) is 96.7 cm³/mol.